The minimum atomic E-state index is -0.603. The van der Waals surface area contributed by atoms with Crippen molar-refractivity contribution < 1.29 is 9.50 Å². The Hall–Kier alpha value is -0.930. The minimum absolute atomic E-state index is 0.257. The Morgan fingerprint density at radius 3 is 2.16 bits per heavy atom. The van der Waals surface area contributed by atoms with Gasteiger partial charge in [-0.2, -0.15) is 0 Å². The highest BCUT2D eigenvalue weighted by molar-refractivity contribution is 5.21. The lowest BCUT2D eigenvalue weighted by atomic mass is 9.62. The molecule has 2 rings (SSSR count). The third kappa shape index (κ3) is 2.98. The highest BCUT2D eigenvalue weighted by Gasteiger charge is 2.42. The van der Waals surface area contributed by atoms with Crippen molar-refractivity contribution in [2.75, 3.05) is 6.54 Å². The van der Waals surface area contributed by atoms with Gasteiger partial charge in [-0.15, -0.1) is 0 Å². The molecule has 0 aliphatic heterocycles. The summed E-state index contributed by atoms with van der Waals surface area (Å²) in [6, 6.07) is 6.12. The van der Waals surface area contributed by atoms with Gasteiger partial charge >= 0.3 is 0 Å². The topological polar surface area (TPSA) is 46.2 Å². The largest absolute Gasteiger partial charge is 0.388 e. The molecule has 1 aromatic rings. The fraction of sp³-hybridized carbons (Fsp3) is 0.625. The van der Waals surface area contributed by atoms with E-state index in [1.54, 1.807) is 12.1 Å². The van der Waals surface area contributed by atoms with Crippen LogP contribution in [0.4, 0.5) is 4.39 Å². The molecule has 0 heterocycles. The van der Waals surface area contributed by atoms with Crippen LogP contribution in [0.25, 0.3) is 0 Å². The monoisotopic (exact) mass is 265 g/mol. The number of halogens is 1. The average Bonchev–Trinajstić information content (AvgIpc) is 2.40. The van der Waals surface area contributed by atoms with Crippen LogP contribution in [0.1, 0.15) is 51.2 Å². The maximum atomic E-state index is 13.0. The number of benzene rings is 1. The first-order valence-electron chi connectivity index (χ1n) is 7.02. The molecule has 1 unspecified atom stereocenters. The summed E-state index contributed by atoms with van der Waals surface area (Å²) < 4.78 is 13.0. The summed E-state index contributed by atoms with van der Waals surface area (Å²) in [6.45, 7) is 5.00. The highest BCUT2D eigenvalue weighted by atomic mass is 19.1. The van der Waals surface area contributed by atoms with E-state index in [0.717, 1.165) is 31.2 Å². The fourth-order valence-electron chi connectivity index (χ4n) is 3.01. The number of aliphatic hydroxyl groups excluding tert-OH is 1. The Bertz CT molecular complexity index is 417. The average molecular weight is 265 g/mol. The Labute approximate surface area is 114 Å². The summed E-state index contributed by atoms with van der Waals surface area (Å²) in [5.74, 6) is -0.275. The van der Waals surface area contributed by atoms with E-state index in [-0.39, 0.29) is 11.2 Å². The lowest BCUT2D eigenvalue weighted by molar-refractivity contribution is -0.0235. The molecule has 1 atom stereocenters. The fourth-order valence-corrected chi connectivity index (χ4v) is 3.01. The van der Waals surface area contributed by atoms with Crippen LogP contribution >= 0.6 is 0 Å². The van der Waals surface area contributed by atoms with Crippen molar-refractivity contribution in [1.82, 2.24) is 0 Å². The van der Waals surface area contributed by atoms with Gasteiger partial charge < -0.3 is 10.8 Å². The summed E-state index contributed by atoms with van der Waals surface area (Å²) in [7, 11) is 0. The molecule has 0 spiro atoms. The second-order valence-electron chi connectivity index (χ2n) is 6.68. The summed E-state index contributed by atoms with van der Waals surface area (Å²) in [6.07, 6.45) is 3.39. The van der Waals surface area contributed by atoms with Crippen LogP contribution in [0.5, 0.6) is 0 Å². The van der Waals surface area contributed by atoms with E-state index in [0.29, 0.717) is 12.0 Å². The normalized spacial score (nSPS) is 23.0. The molecule has 0 amide bonds. The number of rotatable bonds is 3. The molecule has 1 aromatic carbocycles. The molecule has 3 heteroatoms. The van der Waals surface area contributed by atoms with Crippen molar-refractivity contribution in [3.63, 3.8) is 0 Å². The Kier molecular flexibility index (Phi) is 3.98. The van der Waals surface area contributed by atoms with Gasteiger partial charge in [0.2, 0.25) is 0 Å². The van der Waals surface area contributed by atoms with Crippen LogP contribution in [0.2, 0.25) is 0 Å². The second-order valence-corrected chi connectivity index (χ2v) is 6.68. The van der Waals surface area contributed by atoms with Crippen molar-refractivity contribution in [2.45, 2.75) is 45.6 Å². The van der Waals surface area contributed by atoms with E-state index in [9.17, 15) is 9.50 Å². The molecule has 0 radical (unpaired) electrons. The molecule has 1 fully saturated rings. The van der Waals surface area contributed by atoms with Crippen LogP contribution in [-0.4, -0.2) is 11.7 Å². The predicted octanol–water partition coefficient (Wildman–Crippen LogP) is 3.40. The van der Waals surface area contributed by atoms with E-state index >= 15 is 0 Å². The van der Waals surface area contributed by atoms with Crippen molar-refractivity contribution >= 4 is 0 Å². The predicted molar refractivity (Wildman–Crippen MR) is 75.1 cm³/mol. The Morgan fingerprint density at radius 1 is 1.16 bits per heavy atom. The molecular formula is C16H24FNO. The van der Waals surface area contributed by atoms with Crippen LogP contribution in [-0.2, 0) is 0 Å². The zero-order chi connectivity index (χ0) is 14.1. The quantitative estimate of drug-likeness (QED) is 0.879. The van der Waals surface area contributed by atoms with Crippen LogP contribution < -0.4 is 5.73 Å². The number of aliphatic hydroxyl groups is 1. The lowest BCUT2D eigenvalue weighted by Gasteiger charge is -2.45. The van der Waals surface area contributed by atoms with Gasteiger partial charge in [0.05, 0.1) is 6.10 Å². The number of hydrogen-bond acceptors (Lipinski definition) is 2. The van der Waals surface area contributed by atoms with Gasteiger partial charge in [-0.05, 0) is 48.8 Å². The van der Waals surface area contributed by atoms with Gasteiger partial charge in [-0.25, -0.2) is 4.39 Å². The van der Waals surface area contributed by atoms with Gasteiger partial charge in [0.1, 0.15) is 5.82 Å². The van der Waals surface area contributed by atoms with Gasteiger partial charge in [0, 0.05) is 12.0 Å². The van der Waals surface area contributed by atoms with Crippen molar-refractivity contribution in [2.24, 2.45) is 16.6 Å². The first kappa shape index (κ1) is 14.5. The third-order valence-corrected chi connectivity index (χ3v) is 4.77. The van der Waals surface area contributed by atoms with Gasteiger partial charge in [-0.3, -0.25) is 0 Å². The molecule has 3 N–H and O–H groups in total. The van der Waals surface area contributed by atoms with Gasteiger partial charge in [0.15, 0.2) is 0 Å². The molecule has 0 aromatic heterocycles. The first-order chi connectivity index (χ1) is 8.88. The van der Waals surface area contributed by atoms with Crippen molar-refractivity contribution in [3.05, 3.63) is 35.6 Å². The van der Waals surface area contributed by atoms with Crippen LogP contribution in [0.15, 0.2) is 24.3 Å². The Balaban J connectivity index is 2.19. The molecule has 0 saturated heterocycles. The SMILES string of the molecule is CC1(C)CCC(CN)(C(O)c2ccc(F)cc2)CC1. The third-order valence-electron chi connectivity index (χ3n) is 4.77. The highest BCUT2D eigenvalue weighted by Crippen LogP contribution is 2.50. The number of nitrogens with two attached hydrogens (primary N) is 1. The van der Waals surface area contributed by atoms with E-state index in [1.165, 1.54) is 12.1 Å². The lowest BCUT2D eigenvalue weighted by Crippen LogP contribution is -2.41. The molecule has 0 bridgehead atoms. The van der Waals surface area contributed by atoms with Gasteiger partial charge in [0.25, 0.3) is 0 Å². The maximum absolute atomic E-state index is 13.0. The molecule has 19 heavy (non-hydrogen) atoms. The van der Waals surface area contributed by atoms with Crippen LogP contribution in [0.3, 0.4) is 0 Å². The molecule has 106 valence electrons. The summed E-state index contributed by atoms with van der Waals surface area (Å²) in [4.78, 5) is 0. The summed E-state index contributed by atoms with van der Waals surface area (Å²) >= 11 is 0. The molecule has 1 saturated carbocycles. The molecule has 1 aliphatic rings. The van der Waals surface area contributed by atoms with Crippen molar-refractivity contribution in [1.29, 1.82) is 0 Å². The standard InChI is InChI=1S/C16H24FNO/c1-15(2)7-9-16(11-18,10-8-15)14(19)12-3-5-13(17)6-4-12/h3-6,14,19H,7-11,18H2,1-2H3. The summed E-state index contributed by atoms with van der Waals surface area (Å²) in [5.41, 5.74) is 6.81. The van der Waals surface area contributed by atoms with E-state index in [1.807, 2.05) is 0 Å². The second kappa shape index (κ2) is 5.22. The molecule has 1 aliphatic carbocycles. The zero-order valence-electron chi connectivity index (χ0n) is 11.8. The summed E-state index contributed by atoms with van der Waals surface area (Å²) in [5, 5.41) is 10.7. The molecule has 2 nitrogen and oxygen atoms in total. The van der Waals surface area contributed by atoms with E-state index in [4.69, 9.17) is 5.73 Å². The van der Waals surface area contributed by atoms with E-state index in [2.05, 4.69) is 13.8 Å². The number of hydrogen-bond donors (Lipinski definition) is 2. The van der Waals surface area contributed by atoms with Gasteiger partial charge in [-0.1, -0.05) is 26.0 Å². The van der Waals surface area contributed by atoms with Crippen LogP contribution in [0, 0.1) is 16.6 Å². The van der Waals surface area contributed by atoms with Crippen molar-refractivity contribution in [3.8, 4) is 0 Å². The van der Waals surface area contributed by atoms with E-state index < -0.39 is 6.10 Å². The smallest absolute Gasteiger partial charge is 0.123 e. The first-order valence-corrected chi connectivity index (χ1v) is 7.02. The molecular weight excluding hydrogens is 241 g/mol. The zero-order valence-corrected chi connectivity index (χ0v) is 11.8. The maximum Gasteiger partial charge on any atom is 0.123 e. The minimum Gasteiger partial charge on any atom is -0.388 e. The Morgan fingerprint density at radius 2 is 1.68 bits per heavy atom.